The van der Waals surface area contributed by atoms with Gasteiger partial charge in [-0.2, -0.15) is 0 Å². The molecule has 0 spiro atoms. The first-order chi connectivity index (χ1) is 8.13. The van der Waals surface area contributed by atoms with E-state index in [-0.39, 0.29) is 13.3 Å². The summed E-state index contributed by atoms with van der Waals surface area (Å²) >= 11 is 3.36. The fourth-order valence-electron chi connectivity index (χ4n) is 1.74. The predicted octanol–water partition coefficient (Wildman–Crippen LogP) is 1.44. The first-order valence-corrected chi connectivity index (χ1v) is 5.88. The molecule has 2 rings (SSSR count). The van der Waals surface area contributed by atoms with Gasteiger partial charge in [-0.15, -0.1) is 0 Å². The van der Waals surface area contributed by atoms with Crippen molar-refractivity contribution in [3.05, 3.63) is 27.7 Å². The number of nitrogens with two attached hydrogens (primary N) is 1. The molecule has 0 aliphatic carbocycles. The number of carbonyl (C=O) groups is 1. The van der Waals surface area contributed by atoms with Gasteiger partial charge in [0.15, 0.2) is 6.79 Å². The lowest BCUT2D eigenvalue weighted by Crippen LogP contribution is -2.22. The number of halogens is 1. The quantitative estimate of drug-likeness (QED) is 0.883. The molecule has 0 radical (unpaired) electrons. The molecule has 0 saturated heterocycles. The molecule has 6 heteroatoms. The van der Waals surface area contributed by atoms with Crippen LogP contribution in [0.5, 0.6) is 5.75 Å². The molecule has 1 atom stereocenters. The number of benzene rings is 1. The van der Waals surface area contributed by atoms with Gasteiger partial charge in [-0.25, -0.2) is 0 Å². The summed E-state index contributed by atoms with van der Waals surface area (Å²) in [6.07, 6.45) is 0. The maximum Gasteiger partial charge on any atom is 0.312 e. The van der Waals surface area contributed by atoms with E-state index in [4.69, 9.17) is 20.3 Å². The topological polar surface area (TPSA) is 81.8 Å². The third kappa shape index (κ3) is 2.43. The molecule has 1 aliphatic rings. The number of hydrogen-bond donors (Lipinski definition) is 2. The molecular weight excluding hydrogens is 290 g/mol. The number of carboxylic acids is 1. The molecule has 0 aromatic heterocycles. The first kappa shape index (κ1) is 12.3. The number of carboxylic acid groups (broad SMARTS) is 1. The minimum atomic E-state index is -0.944. The van der Waals surface area contributed by atoms with Gasteiger partial charge in [0, 0.05) is 16.6 Å². The zero-order chi connectivity index (χ0) is 12.4. The van der Waals surface area contributed by atoms with Crippen LogP contribution in [0, 0.1) is 0 Å². The monoisotopic (exact) mass is 301 g/mol. The molecule has 5 nitrogen and oxygen atoms in total. The lowest BCUT2D eigenvalue weighted by atomic mass is 9.97. The van der Waals surface area contributed by atoms with E-state index in [0.717, 1.165) is 5.56 Å². The van der Waals surface area contributed by atoms with Crippen molar-refractivity contribution in [1.29, 1.82) is 0 Å². The van der Waals surface area contributed by atoms with Crippen molar-refractivity contribution in [3.8, 4) is 5.75 Å². The summed E-state index contributed by atoms with van der Waals surface area (Å²) in [5, 5.41) is 9.09. The van der Waals surface area contributed by atoms with Crippen molar-refractivity contribution < 1.29 is 19.4 Å². The lowest BCUT2D eigenvalue weighted by Gasteiger charge is -2.21. The Morgan fingerprint density at radius 2 is 2.35 bits per heavy atom. The lowest BCUT2D eigenvalue weighted by molar-refractivity contribution is -0.138. The number of fused-ring (bicyclic) bond motifs is 1. The highest BCUT2D eigenvalue weighted by molar-refractivity contribution is 9.10. The Bertz CT molecular complexity index is 449. The Labute approximate surface area is 107 Å². The second kappa shape index (κ2) is 5.03. The average Bonchev–Trinajstić information content (AvgIpc) is 2.30. The molecule has 1 aromatic rings. The highest BCUT2D eigenvalue weighted by Crippen LogP contribution is 2.34. The summed E-state index contributed by atoms with van der Waals surface area (Å²) in [6.45, 7) is 0.701. The SMILES string of the molecule is NCC(C(=O)O)c1cc2c(cc1Br)COCO2. The maximum atomic E-state index is 11.1. The Hall–Kier alpha value is -1.11. The van der Waals surface area contributed by atoms with Crippen LogP contribution in [0.2, 0.25) is 0 Å². The molecule has 0 saturated carbocycles. The van der Waals surface area contributed by atoms with E-state index in [1.807, 2.05) is 6.07 Å². The number of ether oxygens (including phenoxy) is 2. The summed E-state index contributed by atoms with van der Waals surface area (Å²) in [6, 6.07) is 3.53. The van der Waals surface area contributed by atoms with E-state index < -0.39 is 11.9 Å². The number of hydrogen-bond acceptors (Lipinski definition) is 4. The van der Waals surface area contributed by atoms with Crippen LogP contribution in [0.3, 0.4) is 0 Å². The Kier molecular flexibility index (Phi) is 3.66. The van der Waals surface area contributed by atoms with Gasteiger partial charge in [0.25, 0.3) is 0 Å². The molecule has 17 heavy (non-hydrogen) atoms. The standard InChI is InChI=1S/C11H12BrNO4/c12-9-1-6-4-16-5-17-10(6)2-7(9)8(3-13)11(14)15/h1-2,8H,3-5,13H2,(H,14,15). The fourth-order valence-corrected chi connectivity index (χ4v) is 2.41. The highest BCUT2D eigenvalue weighted by Gasteiger charge is 2.23. The average molecular weight is 302 g/mol. The normalized spacial score (nSPS) is 15.9. The smallest absolute Gasteiger partial charge is 0.312 e. The molecular formula is C11H12BrNO4. The van der Waals surface area contributed by atoms with Crippen molar-refractivity contribution in [2.45, 2.75) is 12.5 Å². The molecule has 3 N–H and O–H groups in total. The second-order valence-corrected chi connectivity index (χ2v) is 4.57. The largest absolute Gasteiger partial charge is 0.481 e. The van der Waals surface area contributed by atoms with Crippen molar-refractivity contribution >= 4 is 21.9 Å². The van der Waals surface area contributed by atoms with Crippen molar-refractivity contribution in [2.24, 2.45) is 5.73 Å². The molecule has 0 fully saturated rings. The van der Waals surface area contributed by atoms with Crippen molar-refractivity contribution in [2.75, 3.05) is 13.3 Å². The van der Waals surface area contributed by atoms with Crippen LogP contribution in [0.25, 0.3) is 0 Å². The predicted molar refractivity (Wildman–Crippen MR) is 63.9 cm³/mol. The van der Waals surface area contributed by atoms with Crippen LogP contribution in [-0.4, -0.2) is 24.4 Å². The Morgan fingerprint density at radius 1 is 1.59 bits per heavy atom. The van der Waals surface area contributed by atoms with Gasteiger partial charge in [-0.3, -0.25) is 4.79 Å². The Balaban J connectivity index is 2.43. The first-order valence-electron chi connectivity index (χ1n) is 5.09. The maximum absolute atomic E-state index is 11.1. The van der Waals surface area contributed by atoms with Crippen LogP contribution in [-0.2, 0) is 16.1 Å². The van der Waals surface area contributed by atoms with Crippen LogP contribution in [0.4, 0.5) is 0 Å². The van der Waals surface area contributed by atoms with Gasteiger partial charge >= 0.3 is 5.97 Å². The van der Waals surface area contributed by atoms with Gasteiger partial charge in [0.2, 0.25) is 0 Å². The summed E-state index contributed by atoms with van der Waals surface area (Å²) in [5.41, 5.74) is 7.01. The summed E-state index contributed by atoms with van der Waals surface area (Å²) in [7, 11) is 0. The molecule has 1 aliphatic heterocycles. The van der Waals surface area contributed by atoms with Gasteiger partial charge < -0.3 is 20.3 Å². The third-order valence-corrected chi connectivity index (χ3v) is 3.33. The molecule has 92 valence electrons. The Morgan fingerprint density at radius 3 is 3.00 bits per heavy atom. The highest BCUT2D eigenvalue weighted by atomic mass is 79.9. The van der Waals surface area contributed by atoms with Crippen LogP contribution < -0.4 is 10.5 Å². The minimum absolute atomic E-state index is 0.0449. The summed E-state index contributed by atoms with van der Waals surface area (Å²) in [4.78, 5) is 11.1. The van der Waals surface area contributed by atoms with E-state index in [1.165, 1.54) is 0 Å². The molecule has 1 aromatic carbocycles. The summed E-state index contributed by atoms with van der Waals surface area (Å²) < 4.78 is 11.2. The minimum Gasteiger partial charge on any atom is -0.481 e. The van der Waals surface area contributed by atoms with Gasteiger partial charge in [0.05, 0.1) is 12.5 Å². The molecule has 1 heterocycles. The summed E-state index contributed by atoms with van der Waals surface area (Å²) in [5.74, 6) is -1.02. The van der Waals surface area contributed by atoms with Crippen molar-refractivity contribution in [3.63, 3.8) is 0 Å². The van der Waals surface area contributed by atoms with Crippen LogP contribution in [0.15, 0.2) is 16.6 Å². The fraction of sp³-hybridized carbons (Fsp3) is 0.364. The van der Waals surface area contributed by atoms with Gasteiger partial charge in [-0.05, 0) is 17.7 Å². The van der Waals surface area contributed by atoms with Gasteiger partial charge in [-0.1, -0.05) is 15.9 Å². The molecule has 0 bridgehead atoms. The van der Waals surface area contributed by atoms with E-state index in [2.05, 4.69) is 15.9 Å². The zero-order valence-corrected chi connectivity index (χ0v) is 10.6. The third-order valence-electron chi connectivity index (χ3n) is 2.64. The zero-order valence-electron chi connectivity index (χ0n) is 8.98. The second-order valence-electron chi connectivity index (χ2n) is 3.72. The van der Waals surface area contributed by atoms with E-state index >= 15 is 0 Å². The molecule has 0 amide bonds. The molecule has 1 unspecified atom stereocenters. The van der Waals surface area contributed by atoms with Gasteiger partial charge in [0.1, 0.15) is 5.75 Å². The van der Waals surface area contributed by atoms with Crippen LogP contribution in [0.1, 0.15) is 17.0 Å². The van der Waals surface area contributed by atoms with E-state index in [9.17, 15) is 4.79 Å². The van der Waals surface area contributed by atoms with Crippen molar-refractivity contribution in [1.82, 2.24) is 0 Å². The van der Waals surface area contributed by atoms with E-state index in [0.29, 0.717) is 22.4 Å². The number of rotatable bonds is 3. The van der Waals surface area contributed by atoms with E-state index in [1.54, 1.807) is 6.07 Å². The number of aliphatic carboxylic acids is 1. The van der Waals surface area contributed by atoms with Crippen LogP contribution >= 0.6 is 15.9 Å².